The molecule has 2 unspecified atom stereocenters. The normalized spacial score (nSPS) is 28.2. The molecular formula is C13H22N2O3S. The summed E-state index contributed by atoms with van der Waals surface area (Å²) in [5.74, 6) is 0.0122. The van der Waals surface area contributed by atoms with Gasteiger partial charge in [-0.15, -0.1) is 0 Å². The van der Waals surface area contributed by atoms with Crippen molar-refractivity contribution in [1.82, 2.24) is 10.6 Å². The molecule has 1 heterocycles. The predicted molar refractivity (Wildman–Crippen MR) is 74.3 cm³/mol. The van der Waals surface area contributed by atoms with Gasteiger partial charge in [-0.25, -0.2) is 8.42 Å². The third-order valence-electron chi connectivity index (χ3n) is 3.74. The molecule has 19 heavy (non-hydrogen) atoms. The molecule has 0 spiro atoms. The molecule has 5 nitrogen and oxygen atoms in total. The van der Waals surface area contributed by atoms with Gasteiger partial charge in [0.05, 0.1) is 11.8 Å². The molecule has 108 valence electrons. The molecule has 6 heteroatoms. The van der Waals surface area contributed by atoms with E-state index in [1.165, 1.54) is 24.7 Å². The molecule has 2 N–H and O–H groups in total. The van der Waals surface area contributed by atoms with Gasteiger partial charge in [0.25, 0.3) is 0 Å². The number of amides is 1. The molecule has 1 fully saturated rings. The molecule has 0 saturated heterocycles. The molecule has 0 aromatic carbocycles. The van der Waals surface area contributed by atoms with Gasteiger partial charge in [0.15, 0.2) is 9.84 Å². The van der Waals surface area contributed by atoms with Crippen molar-refractivity contribution in [3.8, 4) is 0 Å². The summed E-state index contributed by atoms with van der Waals surface area (Å²) >= 11 is 0. The van der Waals surface area contributed by atoms with Crippen molar-refractivity contribution in [2.24, 2.45) is 0 Å². The third-order valence-corrected chi connectivity index (χ3v) is 5.13. The van der Waals surface area contributed by atoms with Gasteiger partial charge >= 0.3 is 0 Å². The maximum atomic E-state index is 12.0. The summed E-state index contributed by atoms with van der Waals surface area (Å²) < 4.78 is 22.6. The SMILES string of the molecule is CC(NC1C=CS(=O)(=O)C1)C(=O)NC1CCCCC1. The van der Waals surface area contributed by atoms with Crippen molar-refractivity contribution in [3.63, 3.8) is 0 Å². The smallest absolute Gasteiger partial charge is 0.237 e. The van der Waals surface area contributed by atoms with E-state index in [4.69, 9.17) is 0 Å². The van der Waals surface area contributed by atoms with Crippen LogP contribution in [0.4, 0.5) is 0 Å². The van der Waals surface area contributed by atoms with Gasteiger partial charge in [-0.2, -0.15) is 0 Å². The van der Waals surface area contributed by atoms with Crippen LogP contribution in [0, 0.1) is 0 Å². The second kappa shape index (κ2) is 6.05. The van der Waals surface area contributed by atoms with Crippen molar-refractivity contribution in [3.05, 3.63) is 11.5 Å². The number of hydrogen-bond donors (Lipinski definition) is 2. The summed E-state index contributed by atoms with van der Waals surface area (Å²) in [5, 5.41) is 7.30. The van der Waals surface area contributed by atoms with E-state index >= 15 is 0 Å². The van der Waals surface area contributed by atoms with Crippen LogP contribution in [0.1, 0.15) is 39.0 Å². The summed E-state index contributed by atoms with van der Waals surface area (Å²) in [6.07, 6.45) is 7.32. The highest BCUT2D eigenvalue weighted by atomic mass is 32.2. The largest absolute Gasteiger partial charge is 0.352 e. The number of carbonyl (C=O) groups is 1. The lowest BCUT2D eigenvalue weighted by molar-refractivity contribution is -0.123. The van der Waals surface area contributed by atoms with Crippen molar-refractivity contribution in [2.75, 3.05) is 5.75 Å². The van der Waals surface area contributed by atoms with E-state index in [1.54, 1.807) is 13.0 Å². The Bertz CT molecular complexity index is 453. The first-order chi connectivity index (χ1) is 8.96. The second-order valence-electron chi connectivity index (χ2n) is 5.50. The highest BCUT2D eigenvalue weighted by Gasteiger charge is 2.26. The molecular weight excluding hydrogens is 264 g/mol. The monoisotopic (exact) mass is 286 g/mol. The van der Waals surface area contributed by atoms with Gasteiger partial charge in [-0.3, -0.25) is 10.1 Å². The molecule has 1 aliphatic heterocycles. The lowest BCUT2D eigenvalue weighted by atomic mass is 9.95. The molecule has 2 aliphatic rings. The summed E-state index contributed by atoms with van der Waals surface area (Å²) in [6.45, 7) is 1.77. The number of carbonyl (C=O) groups excluding carboxylic acids is 1. The Balaban J connectivity index is 1.78. The van der Waals surface area contributed by atoms with Gasteiger partial charge in [0.1, 0.15) is 0 Å². The first-order valence-electron chi connectivity index (χ1n) is 6.94. The van der Waals surface area contributed by atoms with E-state index in [2.05, 4.69) is 10.6 Å². The maximum absolute atomic E-state index is 12.0. The van der Waals surface area contributed by atoms with Crippen molar-refractivity contribution >= 4 is 15.7 Å². The molecule has 0 radical (unpaired) electrons. The number of hydrogen-bond acceptors (Lipinski definition) is 4. The fourth-order valence-electron chi connectivity index (χ4n) is 2.65. The quantitative estimate of drug-likeness (QED) is 0.798. The molecule has 1 saturated carbocycles. The minimum atomic E-state index is -3.07. The fourth-order valence-corrected chi connectivity index (χ4v) is 3.90. The number of rotatable bonds is 4. The van der Waals surface area contributed by atoms with Crippen LogP contribution in [0.3, 0.4) is 0 Å². The minimum Gasteiger partial charge on any atom is -0.352 e. The van der Waals surface area contributed by atoms with Crippen LogP contribution >= 0.6 is 0 Å². The van der Waals surface area contributed by atoms with Crippen molar-refractivity contribution in [2.45, 2.75) is 57.2 Å². The number of nitrogens with one attached hydrogen (secondary N) is 2. The molecule has 0 aromatic heterocycles. The lowest BCUT2D eigenvalue weighted by Gasteiger charge is -2.25. The molecule has 0 bridgehead atoms. The first kappa shape index (κ1) is 14.5. The first-order valence-corrected chi connectivity index (χ1v) is 8.65. The molecule has 2 atom stereocenters. The van der Waals surface area contributed by atoms with Crippen LogP contribution < -0.4 is 10.6 Å². The van der Waals surface area contributed by atoms with E-state index in [-0.39, 0.29) is 29.8 Å². The zero-order valence-corrected chi connectivity index (χ0v) is 12.1. The van der Waals surface area contributed by atoms with E-state index in [0.29, 0.717) is 0 Å². The summed E-state index contributed by atoms with van der Waals surface area (Å²) in [5.41, 5.74) is 0. The standard InChI is InChI=1S/C13H22N2O3S/c1-10(14-12-7-8-19(17,18)9-12)13(16)15-11-5-3-2-4-6-11/h7-8,10-12,14H,2-6,9H2,1H3,(H,15,16). The van der Waals surface area contributed by atoms with Crippen molar-refractivity contribution < 1.29 is 13.2 Å². The molecule has 2 rings (SSSR count). The second-order valence-corrected chi connectivity index (χ2v) is 7.43. The summed E-state index contributed by atoms with van der Waals surface area (Å²) in [6, 6.07) is -0.338. The van der Waals surface area contributed by atoms with E-state index in [9.17, 15) is 13.2 Å². The van der Waals surface area contributed by atoms with Gasteiger partial charge in [-0.05, 0) is 19.8 Å². The highest BCUT2D eigenvalue weighted by Crippen LogP contribution is 2.17. The minimum absolute atomic E-state index is 0.0374. The van der Waals surface area contributed by atoms with Gasteiger partial charge < -0.3 is 5.32 Å². The lowest BCUT2D eigenvalue weighted by Crippen LogP contribution is -2.49. The predicted octanol–water partition coefficient (Wildman–Crippen LogP) is 0.724. The van der Waals surface area contributed by atoms with Crippen LogP contribution in [-0.4, -0.2) is 38.2 Å². The Morgan fingerprint density at radius 3 is 2.53 bits per heavy atom. The van der Waals surface area contributed by atoms with Crippen LogP contribution in [0.5, 0.6) is 0 Å². The molecule has 0 aromatic rings. The Morgan fingerprint density at radius 1 is 1.26 bits per heavy atom. The topological polar surface area (TPSA) is 75.3 Å². The van der Waals surface area contributed by atoms with Gasteiger partial charge in [0, 0.05) is 17.5 Å². The molecule has 1 aliphatic carbocycles. The average Bonchev–Trinajstić information content (AvgIpc) is 2.70. The Labute approximate surface area is 114 Å². The Morgan fingerprint density at radius 2 is 1.95 bits per heavy atom. The van der Waals surface area contributed by atoms with Crippen LogP contribution in [0.25, 0.3) is 0 Å². The fraction of sp³-hybridized carbons (Fsp3) is 0.769. The number of sulfone groups is 1. The van der Waals surface area contributed by atoms with Gasteiger partial charge in [0.2, 0.25) is 5.91 Å². The third kappa shape index (κ3) is 4.31. The van der Waals surface area contributed by atoms with Crippen molar-refractivity contribution in [1.29, 1.82) is 0 Å². The van der Waals surface area contributed by atoms with Gasteiger partial charge in [-0.1, -0.05) is 25.3 Å². The van der Waals surface area contributed by atoms with E-state index in [0.717, 1.165) is 12.8 Å². The zero-order valence-electron chi connectivity index (χ0n) is 11.3. The van der Waals surface area contributed by atoms with Crippen LogP contribution in [0.2, 0.25) is 0 Å². The van der Waals surface area contributed by atoms with E-state index < -0.39 is 9.84 Å². The summed E-state index contributed by atoms with van der Waals surface area (Å²) in [4.78, 5) is 12.0. The van der Waals surface area contributed by atoms with E-state index in [1.807, 2.05) is 0 Å². The zero-order chi connectivity index (χ0) is 13.9. The van der Waals surface area contributed by atoms with Crippen LogP contribution in [0.15, 0.2) is 11.5 Å². The Kier molecular flexibility index (Phi) is 4.62. The maximum Gasteiger partial charge on any atom is 0.237 e. The average molecular weight is 286 g/mol. The highest BCUT2D eigenvalue weighted by molar-refractivity contribution is 7.94. The Hall–Kier alpha value is -0.880. The molecule has 1 amide bonds. The summed E-state index contributed by atoms with van der Waals surface area (Å²) in [7, 11) is -3.07. The van der Waals surface area contributed by atoms with Crippen LogP contribution in [-0.2, 0) is 14.6 Å².